The van der Waals surface area contributed by atoms with E-state index in [0.717, 1.165) is 11.3 Å². The Morgan fingerprint density at radius 2 is 1.64 bits per heavy atom. The number of aromatic nitrogens is 3. The average Bonchev–Trinajstić information content (AvgIpc) is 3.28. The van der Waals surface area contributed by atoms with Crippen LogP contribution in [0.15, 0.2) is 53.4 Å². The highest BCUT2D eigenvalue weighted by atomic mass is 32.2. The van der Waals surface area contributed by atoms with Gasteiger partial charge in [0.1, 0.15) is 24.9 Å². The molecule has 2 aliphatic rings. The summed E-state index contributed by atoms with van der Waals surface area (Å²) in [7, 11) is -3.81. The smallest absolute Gasteiger partial charge is 0.269 e. The molecule has 39 heavy (non-hydrogen) atoms. The first-order valence-corrected chi connectivity index (χ1v) is 14.4. The zero-order valence-electron chi connectivity index (χ0n) is 22.1. The third kappa shape index (κ3) is 4.59. The summed E-state index contributed by atoms with van der Waals surface area (Å²) in [6, 6.07) is 13.7. The van der Waals surface area contributed by atoms with Crippen molar-refractivity contribution in [2.24, 2.45) is 0 Å². The third-order valence-electron chi connectivity index (χ3n) is 7.45. The predicted octanol–water partition coefficient (Wildman–Crippen LogP) is 4.08. The van der Waals surface area contributed by atoms with E-state index in [-0.39, 0.29) is 10.9 Å². The second kappa shape index (κ2) is 9.80. The summed E-state index contributed by atoms with van der Waals surface area (Å²) in [5.74, 6) is 0.686. The van der Waals surface area contributed by atoms with Gasteiger partial charge in [-0.15, -0.1) is 0 Å². The summed E-state index contributed by atoms with van der Waals surface area (Å²) in [5.41, 5.74) is 3.42. The Morgan fingerprint density at radius 3 is 2.38 bits per heavy atom. The molecule has 4 aromatic rings. The van der Waals surface area contributed by atoms with Gasteiger partial charge in [-0.3, -0.25) is 4.90 Å². The van der Waals surface area contributed by atoms with Crippen molar-refractivity contribution < 1.29 is 22.3 Å². The van der Waals surface area contributed by atoms with Gasteiger partial charge in [0.15, 0.2) is 5.75 Å². The Kier molecular flexibility index (Phi) is 6.43. The second-order valence-corrected chi connectivity index (χ2v) is 11.8. The van der Waals surface area contributed by atoms with E-state index in [1.807, 2.05) is 32.0 Å². The minimum absolute atomic E-state index is 0.225. The van der Waals surface area contributed by atoms with Crippen molar-refractivity contribution in [3.63, 3.8) is 0 Å². The summed E-state index contributed by atoms with van der Waals surface area (Å²) in [6.45, 7) is 9.12. The molecule has 11 heteroatoms. The standard InChI is InChI=1S/C28H30FN5O4S/c1-18-4-7-22(8-5-18)39(35,36)34-20(3)30-24-9-6-21(16-25(24)34)33-12-10-32(11-13-33)19(2)27-23(29)17-26-28(31-27)38-15-14-37-26/h4-9,16-17,19H,10-15H2,1-3H3. The van der Waals surface area contributed by atoms with Crippen molar-refractivity contribution in [2.45, 2.75) is 31.7 Å². The predicted molar refractivity (Wildman–Crippen MR) is 146 cm³/mol. The van der Waals surface area contributed by atoms with Gasteiger partial charge in [0.2, 0.25) is 0 Å². The van der Waals surface area contributed by atoms with Crippen molar-refractivity contribution in [2.75, 3.05) is 44.3 Å². The molecule has 0 aliphatic carbocycles. The lowest BCUT2D eigenvalue weighted by Crippen LogP contribution is -2.47. The third-order valence-corrected chi connectivity index (χ3v) is 9.26. The SMILES string of the molecule is Cc1ccc(S(=O)(=O)n2c(C)nc3ccc(N4CCN(C(C)c5nc6c(cc5F)OCCO6)CC4)cc32)cc1. The van der Waals surface area contributed by atoms with E-state index in [0.29, 0.717) is 73.6 Å². The van der Waals surface area contributed by atoms with Crippen molar-refractivity contribution in [1.29, 1.82) is 0 Å². The number of fused-ring (bicyclic) bond motifs is 2. The largest absolute Gasteiger partial charge is 0.484 e. The van der Waals surface area contributed by atoms with Crippen molar-refractivity contribution in [3.8, 4) is 11.6 Å². The Morgan fingerprint density at radius 1 is 0.923 bits per heavy atom. The molecule has 1 saturated heterocycles. The molecule has 2 aromatic carbocycles. The number of nitrogens with zero attached hydrogens (tertiary/aromatic N) is 5. The number of hydrogen-bond donors (Lipinski definition) is 0. The number of piperazine rings is 1. The number of ether oxygens (including phenoxy) is 2. The molecule has 6 rings (SSSR count). The fraction of sp³-hybridized carbons (Fsp3) is 0.357. The van der Waals surface area contributed by atoms with Gasteiger partial charge in [0.05, 0.1) is 27.7 Å². The fourth-order valence-corrected chi connectivity index (χ4v) is 6.76. The van der Waals surface area contributed by atoms with Gasteiger partial charge in [-0.1, -0.05) is 17.7 Å². The Hall–Kier alpha value is -3.70. The van der Waals surface area contributed by atoms with Crippen molar-refractivity contribution in [1.82, 2.24) is 18.8 Å². The summed E-state index contributed by atoms with van der Waals surface area (Å²) in [6.07, 6.45) is 0. The zero-order valence-corrected chi connectivity index (χ0v) is 22.9. The number of halogens is 1. The molecule has 1 fully saturated rings. The lowest BCUT2D eigenvalue weighted by Gasteiger charge is -2.39. The first-order chi connectivity index (χ1) is 18.7. The molecule has 1 unspecified atom stereocenters. The number of anilines is 1. The molecule has 0 spiro atoms. The highest BCUT2D eigenvalue weighted by Crippen LogP contribution is 2.34. The topological polar surface area (TPSA) is 89.8 Å². The number of pyridine rings is 1. The Balaban J connectivity index is 1.23. The van der Waals surface area contributed by atoms with Gasteiger partial charge in [-0.2, -0.15) is 0 Å². The minimum atomic E-state index is -3.81. The monoisotopic (exact) mass is 551 g/mol. The summed E-state index contributed by atoms with van der Waals surface area (Å²) in [5, 5.41) is 0. The van der Waals surface area contributed by atoms with Crippen LogP contribution in [0.2, 0.25) is 0 Å². The van der Waals surface area contributed by atoms with E-state index in [4.69, 9.17) is 9.47 Å². The van der Waals surface area contributed by atoms with Crippen LogP contribution in [0.25, 0.3) is 11.0 Å². The molecule has 0 bridgehead atoms. The van der Waals surface area contributed by atoms with Gasteiger partial charge >= 0.3 is 0 Å². The van der Waals surface area contributed by atoms with E-state index in [1.54, 1.807) is 31.2 Å². The number of benzene rings is 2. The lowest BCUT2D eigenvalue weighted by molar-refractivity contribution is 0.157. The second-order valence-electron chi connectivity index (χ2n) is 9.97. The van der Waals surface area contributed by atoms with E-state index in [2.05, 4.69) is 19.8 Å². The molecule has 2 aromatic heterocycles. The van der Waals surface area contributed by atoms with E-state index < -0.39 is 15.8 Å². The zero-order chi connectivity index (χ0) is 27.3. The molecule has 0 amide bonds. The molecule has 9 nitrogen and oxygen atoms in total. The van der Waals surface area contributed by atoms with Crippen LogP contribution in [0.4, 0.5) is 10.1 Å². The quantitative estimate of drug-likeness (QED) is 0.367. The summed E-state index contributed by atoms with van der Waals surface area (Å²) in [4.78, 5) is 13.6. The summed E-state index contributed by atoms with van der Waals surface area (Å²) >= 11 is 0. The van der Waals surface area contributed by atoms with E-state index in [9.17, 15) is 12.8 Å². The fourth-order valence-electron chi connectivity index (χ4n) is 5.28. The molecule has 4 heterocycles. The van der Waals surface area contributed by atoms with Gasteiger partial charge < -0.3 is 14.4 Å². The maximum Gasteiger partial charge on any atom is 0.269 e. The van der Waals surface area contributed by atoms with Crippen LogP contribution in [0, 0.1) is 19.7 Å². The van der Waals surface area contributed by atoms with Gasteiger partial charge in [0.25, 0.3) is 15.9 Å². The molecule has 2 aliphatic heterocycles. The first-order valence-electron chi connectivity index (χ1n) is 13.0. The average molecular weight is 552 g/mol. The Bertz CT molecular complexity index is 1650. The van der Waals surface area contributed by atoms with Gasteiger partial charge in [0, 0.05) is 37.9 Å². The molecule has 0 N–H and O–H groups in total. The first kappa shape index (κ1) is 25.6. The number of rotatable bonds is 5. The summed E-state index contributed by atoms with van der Waals surface area (Å²) < 4.78 is 54.3. The van der Waals surface area contributed by atoms with Crippen LogP contribution < -0.4 is 14.4 Å². The maximum absolute atomic E-state index is 14.9. The molecule has 0 radical (unpaired) electrons. The van der Waals surface area contributed by atoms with Crippen LogP contribution in [0.3, 0.4) is 0 Å². The van der Waals surface area contributed by atoms with Crippen LogP contribution in [-0.2, 0) is 10.0 Å². The minimum Gasteiger partial charge on any atom is -0.484 e. The normalized spacial score (nSPS) is 17.0. The van der Waals surface area contributed by atoms with Crippen LogP contribution in [-0.4, -0.2) is 66.7 Å². The van der Waals surface area contributed by atoms with Crippen LogP contribution >= 0.6 is 0 Å². The lowest BCUT2D eigenvalue weighted by atomic mass is 10.1. The highest BCUT2D eigenvalue weighted by Gasteiger charge is 2.28. The number of imidazole rings is 1. The molecular formula is C28H30FN5O4S. The Labute approximate surface area is 226 Å². The maximum atomic E-state index is 14.9. The van der Waals surface area contributed by atoms with Crippen LogP contribution in [0.1, 0.15) is 30.0 Å². The highest BCUT2D eigenvalue weighted by molar-refractivity contribution is 7.90. The molecule has 0 saturated carbocycles. The van der Waals surface area contributed by atoms with Crippen molar-refractivity contribution in [3.05, 3.63) is 71.4 Å². The van der Waals surface area contributed by atoms with E-state index >= 15 is 0 Å². The number of aryl methyl sites for hydroxylation is 2. The van der Waals surface area contributed by atoms with E-state index in [1.165, 1.54) is 10.0 Å². The molecule has 204 valence electrons. The van der Waals surface area contributed by atoms with Gasteiger partial charge in [-0.05, 0) is 51.1 Å². The van der Waals surface area contributed by atoms with Crippen LogP contribution in [0.5, 0.6) is 11.6 Å². The van der Waals surface area contributed by atoms with Crippen molar-refractivity contribution >= 4 is 26.7 Å². The van der Waals surface area contributed by atoms with Gasteiger partial charge in [-0.25, -0.2) is 26.7 Å². The molecule has 1 atom stereocenters. The number of hydrogen-bond acceptors (Lipinski definition) is 8. The molecular weight excluding hydrogens is 521 g/mol.